The van der Waals surface area contributed by atoms with Gasteiger partial charge in [-0.25, -0.2) is 8.42 Å². The van der Waals surface area contributed by atoms with Crippen molar-refractivity contribution in [3.8, 4) is 0 Å². The number of aliphatic hydroxyl groups is 1. The fourth-order valence-electron chi connectivity index (χ4n) is 1.59. The molecule has 1 aliphatic heterocycles. The van der Waals surface area contributed by atoms with Crippen LogP contribution in [0.2, 0.25) is 0 Å². The summed E-state index contributed by atoms with van der Waals surface area (Å²) in [5, 5.41) is 12.7. The number of sulfone groups is 1. The van der Waals surface area contributed by atoms with Crippen LogP contribution in [0, 0.1) is 0 Å². The van der Waals surface area contributed by atoms with Crippen molar-refractivity contribution in [2.24, 2.45) is 0 Å². The Hall–Kier alpha value is -0.430. The predicted molar refractivity (Wildman–Crippen MR) is 64.0 cm³/mol. The molecular formula is C10H12BrNO3S. The third-order valence-corrected chi connectivity index (χ3v) is 4.98. The van der Waals surface area contributed by atoms with Crippen molar-refractivity contribution in [2.75, 3.05) is 18.8 Å². The van der Waals surface area contributed by atoms with Gasteiger partial charge in [-0.3, -0.25) is 0 Å². The van der Waals surface area contributed by atoms with Gasteiger partial charge in [0.1, 0.15) is 5.60 Å². The van der Waals surface area contributed by atoms with Crippen LogP contribution in [0.4, 0.5) is 0 Å². The Morgan fingerprint density at radius 1 is 1.31 bits per heavy atom. The van der Waals surface area contributed by atoms with Crippen molar-refractivity contribution >= 4 is 25.8 Å². The molecule has 4 nitrogen and oxygen atoms in total. The average molecular weight is 306 g/mol. The molecule has 1 heterocycles. The van der Waals surface area contributed by atoms with Crippen LogP contribution in [-0.2, 0) is 9.84 Å². The van der Waals surface area contributed by atoms with Crippen molar-refractivity contribution < 1.29 is 13.5 Å². The highest BCUT2D eigenvalue weighted by molar-refractivity contribution is 9.10. The molecule has 0 spiro atoms. The third kappa shape index (κ3) is 2.45. The molecule has 1 aliphatic rings. The maximum atomic E-state index is 11.9. The SMILES string of the molecule is O=S(=O)(CC1(O)CNC1)c1ccc(Br)cc1. The predicted octanol–water partition coefficient (Wildman–Crippen LogP) is 0.557. The molecule has 2 rings (SSSR count). The second-order valence-electron chi connectivity index (χ2n) is 4.04. The molecule has 2 N–H and O–H groups in total. The normalized spacial score (nSPS) is 19.1. The van der Waals surface area contributed by atoms with E-state index in [1.54, 1.807) is 12.1 Å². The molecule has 0 bridgehead atoms. The van der Waals surface area contributed by atoms with Crippen LogP contribution in [0.3, 0.4) is 0 Å². The molecule has 1 fully saturated rings. The highest BCUT2D eigenvalue weighted by Crippen LogP contribution is 2.21. The number of hydrogen-bond donors (Lipinski definition) is 2. The maximum Gasteiger partial charge on any atom is 0.181 e. The minimum Gasteiger partial charge on any atom is -0.386 e. The summed E-state index contributed by atoms with van der Waals surface area (Å²) in [6.45, 7) is 0.672. The van der Waals surface area contributed by atoms with Crippen LogP contribution >= 0.6 is 15.9 Å². The zero-order valence-electron chi connectivity index (χ0n) is 8.48. The summed E-state index contributed by atoms with van der Waals surface area (Å²) < 4.78 is 24.7. The lowest BCUT2D eigenvalue weighted by molar-refractivity contribution is 0.0120. The number of nitrogens with one attached hydrogen (secondary N) is 1. The molecule has 1 saturated heterocycles. The molecule has 88 valence electrons. The van der Waals surface area contributed by atoms with E-state index in [-0.39, 0.29) is 10.6 Å². The fraction of sp³-hybridized carbons (Fsp3) is 0.400. The highest BCUT2D eigenvalue weighted by Gasteiger charge is 2.39. The molecule has 0 radical (unpaired) electrons. The van der Waals surface area contributed by atoms with Gasteiger partial charge in [0.25, 0.3) is 0 Å². The van der Waals surface area contributed by atoms with E-state index in [4.69, 9.17) is 0 Å². The molecule has 16 heavy (non-hydrogen) atoms. The molecule has 0 aliphatic carbocycles. The van der Waals surface area contributed by atoms with Gasteiger partial charge in [-0.2, -0.15) is 0 Å². The Bertz CT molecular complexity index is 479. The molecule has 1 aromatic carbocycles. The van der Waals surface area contributed by atoms with E-state index in [9.17, 15) is 13.5 Å². The van der Waals surface area contributed by atoms with Gasteiger partial charge in [-0.1, -0.05) is 15.9 Å². The Kier molecular flexibility index (Phi) is 3.09. The number of benzene rings is 1. The quantitative estimate of drug-likeness (QED) is 0.856. The molecular weight excluding hydrogens is 294 g/mol. The molecule has 0 unspecified atom stereocenters. The van der Waals surface area contributed by atoms with Gasteiger partial charge >= 0.3 is 0 Å². The van der Waals surface area contributed by atoms with Crippen LogP contribution in [0.5, 0.6) is 0 Å². The van der Waals surface area contributed by atoms with Gasteiger partial charge in [0, 0.05) is 17.6 Å². The first-order chi connectivity index (χ1) is 7.41. The van der Waals surface area contributed by atoms with Crippen molar-refractivity contribution in [3.63, 3.8) is 0 Å². The van der Waals surface area contributed by atoms with Crippen LogP contribution in [0.25, 0.3) is 0 Å². The summed E-state index contributed by atoms with van der Waals surface area (Å²) in [5.74, 6) is -0.228. The topological polar surface area (TPSA) is 66.4 Å². The Morgan fingerprint density at radius 2 is 1.88 bits per heavy atom. The van der Waals surface area contributed by atoms with Crippen LogP contribution in [0.1, 0.15) is 0 Å². The first-order valence-electron chi connectivity index (χ1n) is 4.83. The van der Waals surface area contributed by atoms with E-state index < -0.39 is 15.4 Å². The minimum atomic E-state index is -3.41. The van der Waals surface area contributed by atoms with Gasteiger partial charge in [0.05, 0.1) is 10.6 Å². The van der Waals surface area contributed by atoms with E-state index in [1.807, 2.05) is 0 Å². The summed E-state index contributed by atoms with van der Waals surface area (Å²) in [7, 11) is -3.41. The van der Waals surface area contributed by atoms with Crippen LogP contribution < -0.4 is 5.32 Å². The van der Waals surface area contributed by atoms with Gasteiger partial charge in [-0.05, 0) is 24.3 Å². The molecule has 0 atom stereocenters. The Morgan fingerprint density at radius 3 is 2.31 bits per heavy atom. The summed E-state index contributed by atoms with van der Waals surface area (Å²) in [6.07, 6.45) is 0. The first kappa shape index (κ1) is 12.0. The summed E-state index contributed by atoms with van der Waals surface area (Å²) in [5.41, 5.74) is -1.11. The Balaban J connectivity index is 2.22. The molecule has 1 aromatic rings. The fourth-order valence-corrected chi connectivity index (χ4v) is 3.49. The van der Waals surface area contributed by atoms with Crippen LogP contribution in [0.15, 0.2) is 33.6 Å². The summed E-state index contributed by atoms with van der Waals surface area (Å²) >= 11 is 3.24. The first-order valence-corrected chi connectivity index (χ1v) is 7.27. The second-order valence-corrected chi connectivity index (χ2v) is 6.95. The highest BCUT2D eigenvalue weighted by atomic mass is 79.9. The van der Waals surface area contributed by atoms with Crippen molar-refractivity contribution in [1.29, 1.82) is 0 Å². The average Bonchev–Trinajstić information content (AvgIpc) is 2.15. The summed E-state index contributed by atoms with van der Waals surface area (Å²) in [6, 6.07) is 6.43. The monoisotopic (exact) mass is 305 g/mol. The largest absolute Gasteiger partial charge is 0.386 e. The lowest BCUT2D eigenvalue weighted by Crippen LogP contribution is -2.62. The van der Waals surface area contributed by atoms with Crippen molar-refractivity contribution in [2.45, 2.75) is 10.5 Å². The van der Waals surface area contributed by atoms with E-state index in [1.165, 1.54) is 12.1 Å². The number of hydrogen-bond acceptors (Lipinski definition) is 4. The molecule has 6 heteroatoms. The number of rotatable bonds is 3. The Labute approximate surface area is 103 Å². The lowest BCUT2D eigenvalue weighted by Gasteiger charge is -2.37. The number of β-amino-alcohol motifs (C(OH)–C–C–N with tert-alkyl or cyclic N) is 1. The van der Waals surface area contributed by atoms with Crippen LogP contribution in [-0.4, -0.2) is 38.0 Å². The second kappa shape index (κ2) is 4.10. The summed E-state index contributed by atoms with van der Waals surface area (Å²) in [4.78, 5) is 0.246. The molecule has 0 saturated carbocycles. The van der Waals surface area contributed by atoms with E-state index in [0.717, 1.165) is 4.47 Å². The van der Waals surface area contributed by atoms with Gasteiger partial charge in [-0.15, -0.1) is 0 Å². The minimum absolute atomic E-state index is 0.228. The lowest BCUT2D eigenvalue weighted by atomic mass is 10.0. The maximum absolute atomic E-state index is 11.9. The third-order valence-electron chi connectivity index (χ3n) is 2.54. The zero-order chi connectivity index (χ0) is 11.8. The number of halogens is 1. The van der Waals surface area contributed by atoms with Gasteiger partial charge in [0.15, 0.2) is 9.84 Å². The van der Waals surface area contributed by atoms with E-state index in [0.29, 0.717) is 13.1 Å². The van der Waals surface area contributed by atoms with Crippen molar-refractivity contribution in [3.05, 3.63) is 28.7 Å². The van der Waals surface area contributed by atoms with Crippen molar-refractivity contribution in [1.82, 2.24) is 5.32 Å². The smallest absolute Gasteiger partial charge is 0.181 e. The van der Waals surface area contributed by atoms with E-state index in [2.05, 4.69) is 21.2 Å². The zero-order valence-corrected chi connectivity index (χ0v) is 10.9. The molecule has 0 amide bonds. The van der Waals surface area contributed by atoms with E-state index >= 15 is 0 Å². The van der Waals surface area contributed by atoms with Gasteiger partial charge < -0.3 is 10.4 Å². The van der Waals surface area contributed by atoms with Gasteiger partial charge in [0.2, 0.25) is 0 Å². The molecule has 0 aromatic heterocycles. The standard InChI is InChI=1S/C10H12BrNO3S/c11-8-1-3-9(4-2-8)16(14,15)7-10(13)5-12-6-10/h1-4,12-13H,5-7H2.